The van der Waals surface area contributed by atoms with Crippen LogP contribution in [0.25, 0.3) is 0 Å². The molecule has 34 heavy (non-hydrogen) atoms. The van der Waals surface area contributed by atoms with E-state index >= 15 is 0 Å². The van der Waals surface area contributed by atoms with Gasteiger partial charge in [-0.1, -0.05) is 65.7 Å². The molecule has 0 amide bonds. The summed E-state index contributed by atoms with van der Waals surface area (Å²) < 4.78 is 6.34. The Morgan fingerprint density at radius 1 is 1.21 bits per heavy atom. The highest BCUT2D eigenvalue weighted by Crippen LogP contribution is 2.69. The Kier molecular flexibility index (Phi) is 6.83. The lowest BCUT2D eigenvalue weighted by molar-refractivity contribution is -0.216. The van der Waals surface area contributed by atoms with Crippen molar-refractivity contribution in [1.29, 1.82) is 0 Å². The van der Waals surface area contributed by atoms with E-state index in [-0.39, 0.29) is 34.6 Å². The van der Waals surface area contributed by atoms with Gasteiger partial charge in [0.2, 0.25) is 0 Å². The summed E-state index contributed by atoms with van der Waals surface area (Å²) in [5.41, 5.74) is -0.365. The minimum Gasteiger partial charge on any atom is -0.458 e. The normalized spacial score (nSPS) is 35.8. The van der Waals surface area contributed by atoms with E-state index in [1.165, 1.54) is 0 Å². The molecule has 0 N–H and O–H groups in total. The van der Waals surface area contributed by atoms with E-state index in [4.69, 9.17) is 4.74 Å². The van der Waals surface area contributed by atoms with Crippen LogP contribution in [-0.4, -0.2) is 24.1 Å². The Bertz CT molecular complexity index is 921. The van der Waals surface area contributed by atoms with Crippen LogP contribution < -0.4 is 0 Å². The summed E-state index contributed by atoms with van der Waals surface area (Å²) in [5.74, 6) is 0.775. The second kappa shape index (κ2) is 9.24. The predicted octanol–water partition coefficient (Wildman–Crippen LogP) is 6.67. The quantitative estimate of drug-likeness (QED) is 0.317. The smallest absolute Gasteiger partial charge is 0.338 e. The van der Waals surface area contributed by atoms with Crippen molar-refractivity contribution < 1.29 is 19.1 Å². The number of carbonyl (C=O) groups is 3. The van der Waals surface area contributed by atoms with Crippen LogP contribution in [-0.2, 0) is 14.3 Å². The molecule has 4 aliphatic rings. The number of hydrogen-bond acceptors (Lipinski definition) is 4. The number of hydrogen-bond donors (Lipinski definition) is 0. The van der Waals surface area contributed by atoms with Gasteiger partial charge in [-0.15, -0.1) is 0 Å². The van der Waals surface area contributed by atoms with Crippen LogP contribution in [0.2, 0.25) is 0 Å². The number of fused-ring (bicyclic) bond motifs is 2. The molecule has 1 aromatic rings. The maximum Gasteiger partial charge on any atom is 0.338 e. The summed E-state index contributed by atoms with van der Waals surface area (Å²) in [4.78, 5) is 39.1. The Labute approximate surface area is 205 Å². The molecule has 0 saturated heterocycles. The van der Waals surface area contributed by atoms with Gasteiger partial charge in [0.15, 0.2) is 0 Å². The van der Waals surface area contributed by atoms with Gasteiger partial charge in [-0.3, -0.25) is 4.79 Å². The molecule has 4 fully saturated rings. The molecule has 0 aromatic heterocycles. The SMILES string of the molecule is CCCCC(C)(CC=O)C1CC(OC(=O)c2ccccc2)C23CCC(CC2C1(C)C)C(C)C3=O. The number of ketones is 1. The topological polar surface area (TPSA) is 60.4 Å². The van der Waals surface area contributed by atoms with Crippen molar-refractivity contribution in [2.75, 3.05) is 0 Å². The molecular weight excluding hydrogens is 424 g/mol. The molecule has 1 spiro atoms. The van der Waals surface area contributed by atoms with E-state index < -0.39 is 11.5 Å². The van der Waals surface area contributed by atoms with Gasteiger partial charge in [0.05, 0.1) is 11.0 Å². The molecule has 7 atom stereocenters. The van der Waals surface area contributed by atoms with Gasteiger partial charge in [-0.05, 0) is 72.8 Å². The molecule has 5 rings (SSSR count). The lowest BCUT2D eigenvalue weighted by Gasteiger charge is -2.67. The van der Waals surface area contributed by atoms with Gasteiger partial charge in [0.25, 0.3) is 0 Å². The average Bonchev–Trinajstić information content (AvgIpc) is 2.83. The standard InChI is InChI=1S/C30H42O4/c1-6-7-14-29(5,16-17-31)23-19-25(34-27(33)21-11-9-8-10-12-21)30-15-13-22(20(2)26(30)32)18-24(30)28(23,3)4/h8-12,17,20,22-25H,6-7,13-16,18-19H2,1-5H3. The zero-order chi connectivity index (χ0) is 24.7. The number of ether oxygens (including phenoxy) is 1. The van der Waals surface area contributed by atoms with Crippen LogP contribution in [0.5, 0.6) is 0 Å². The maximum absolute atomic E-state index is 14.0. The summed E-state index contributed by atoms with van der Waals surface area (Å²) in [6, 6.07) is 9.13. The molecule has 0 aliphatic heterocycles. The first-order valence-electron chi connectivity index (χ1n) is 13.4. The van der Waals surface area contributed by atoms with Crippen LogP contribution in [0, 0.1) is 39.9 Å². The van der Waals surface area contributed by atoms with Crippen LogP contribution in [0.3, 0.4) is 0 Å². The Hall–Kier alpha value is -1.97. The van der Waals surface area contributed by atoms with Crippen LogP contribution in [0.1, 0.15) is 96.3 Å². The average molecular weight is 467 g/mol. The largest absolute Gasteiger partial charge is 0.458 e. The molecule has 4 nitrogen and oxygen atoms in total. The molecule has 186 valence electrons. The molecule has 0 radical (unpaired) electrons. The first-order chi connectivity index (χ1) is 16.1. The summed E-state index contributed by atoms with van der Waals surface area (Å²) >= 11 is 0. The Balaban J connectivity index is 1.78. The first-order valence-corrected chi connectivity index (χ1v) is 13.4. The fourth-order valence-corrected chi connectivity index (χ4v) is 8.40. The molecule has 4 aliphatic carbocycles. The minimum atomic E-state index is -0.606. The molecule has 7 unspecified atom stereocenters. The van der Waals surface area contributed by atoms with E-state index in [0.29, 0.717) is 30.1 Å². The van der Waals surface area contributed by atoms with E-state index in [1.54, 1.807) is 12.1 Å². The highest BCUT2D eigenvalue weighted by Gasteiger charge is 2.69. The minimum absolute atomic E-state index is 0.0247. The molecule has 4 heteroatoms. The zero-order valence-electron chi connectivity index (χ0n) is 21.6. The summed E-state index contributed by atoms with van der Waals surface area (Å²) in [5, 5.41) is 0. The Morgan fingerprint density at radius 2 is 1.91 bits per heavy atom. The number of carbonyl (C=O) groups excluding carboxylic acids is 3. The van der Waals surface area contributed by atoms with Crippen molar-refractivity contribution in [2.45, 2.75) is 92.1 Å². The number of Topliss-reactive ketones (excluding diaryl/α,β-unsaturated/α-hetero) is 1. The zero-order valence-corrected chi connectivity index (χ0v) is 21.6. The second-order valence-corrected chi connectivity index (χ2v) is 12.3. The van der Waals surface area contributed by atoms with Gasteiger partial charge >= 0.3 is 5.97 Å². The van der Waals surface area contributed by atoms with E-state index in [0.717, 1.165) is 44.8 Å². The predicted molar refractivity (Wildman–Crippen MR) is 133 cm³/mol. The van der Waals surface area contributed by atoms with Crippen LogP contribution in [0.15, 0.2) is 30.3 Å². The molecule has 2 bridgehead atoms. The van der Waals surface area contributed by atoms with Crippen molar-refractivity contribution in [1.82, 2.24) is 0 Å². The fraction of sp³-hybridized carbons (Fsp3) is 0.700. The van der Waals surface area contributed by atoms with Crippen molar-refractivity contribution in [3.8, 4) is 0 Å². The first kappa shape index (κ1) is 25.1. The number of unbranched alkanes of at least 4 members (excludes halogenated alkanes) is 1. The lowest BCUT2D eigenvalue weighted by Crippen LogP contribution is -2.68. The third-order valence-electron chi connectivity index (χ3n) is 10.2. The van der Waals surface area contributed by atoms with Gasteiger partial charge in [0, 0.05) is 12.3 Å². The number of rotatable bonds is 8. The van der Waals surface area contributed by atoms with Crippen molar-refractivity contribution in [3.05, 3.63) is 35.9 Å². The van der Waals surface area contributed by atoms with Gasteiger partial charge < -0.3 is 9.53 Å². The lowest BCUT2D eigenvalue weighted by atomic mass is 9.37. The Morgan fingerprint density at radius 3 is 2.56 bits per heavy atom. The van der Waals surface area contributed by atoms with Gasteiger partial charge in [-0.25, -0.2) is 4.79 Å². The van der Waals surface area contributed by atoms with E-state index in [9.17, 15) is 14.4 Å². The van der Waals surface area contributed by atoms with Gasteiger partial charge in [-0.2, -0.15) is 0 Å². The fourth-order valence-electron chi connectivity index (χ4n) is 8.40. The van der Waals surface area contributed by atoms with Crippen molar-refractivity contribution in [3.63, 3.8) is 0 Å². The number of esters is 1. The third kappa shape index (κ3) is 3.85. The second-order valence-electron chi connectivity index (χ2n) is 12.3. The van der Waals surface area contributed by atoms with Crippen molar-refractivity contribution in [2.24, 2.45) is 39.9 Å². The molecular formula is C30H42O4. The third-order valence-corrected chi connectivity index (χ3v) is 10.2. The van der Waals surface area contributed by atoms with E-state index in [1.807, 2.05) is 18.2 Å². The number of benzene rings is 1. The summed E-state index contributed by atoms with van der Waals surface area (Å²) in [6.45, 7) is 11.2. The van der Waals surface area contributed by atoms with Crippen LogP contribution >= 0.6 is 0 Å². The summed E-state index contributed by atoms with van der Waals surface area (Å²) in [7, 11) is 0. The highest BCUT2D eigenvalue weighted by molar-refractivity contribution is 5.92. The molecule has 1 aromatic carbocycles. The maximum atomic E-state index is 14.0. The van der Waals surface area contributed by atoms with Gasteiger partial charge in [0.1, 0.15) is 18.2 Å². The molecule has 4 saturated carbocycles. The monoisotopic (exact) mass is 466 g/mol. The number of aldehydes is 1. The molecule has 0 heterocycles. The van der Waals surface area contributed by atoms with Crippen molar-refractivity contribution >= 4 is 18.0 Å². The summed E-state index contributed by atoms with van der Waals surface area (Å²) in [6.07, 6.45) is 7.78. The highest BCUT2D eigenvalue weighted by atomic mass is 16.5. The van der Waals surface area contributed by atoms with Crippen LogP contribution in [0.4, 0.5) is 0 Å². The van der Waals surface area contributed by atoms with E-state index in [2.05, 4.69) is 34.6 Å².